The summed E-state index contributed by atoms with van der Waals surface area (Å²) in [5.74, 6) is 0.397. The molecule has 0 aromatic carbocycles. The molecule has 4 N–H and O–H groups in total. The fraction of sp³-hybridized carbons (Fsp3) is 0.143. The van der Waals surface area contributed by atoms with E-state index in [0.29, 0.717) is 22.6 Å². The van der Waals surface area contributed by atoms with Crippen LogP contribution in [0.3, 0.4) is 0 Å². The fourth-order valence-corrected chi connectivity index (χ4v) is 1.55. The van der Waals surface area contributed by atoms with Crippen LogP contribution in [-0.4, -0.2) is 14.4 Å². The van der Waals surface area contributed by atoms with Crippen molar-refractivity contribution in [2.24, 2.45) is 5.73 Å². The highest BCUT2D eigenvalue weighted by Gasteiger charge is 2.05. The lowest BCUT2D eigenvalue weighted by Crippen LogP contribution is -1.96. The summed E-state index contributed by atoms with van der Waals surface area (Å²) in [6.07, 6.45) is 3.62. The number of fused-ring (bicyclic) bond motifs is 1. The highest BCUT2D eigenvalue weighted by molar-refractivity contribution is 9.10. The first-order chi connectivity index (χ1) is 6.20. The van der Waals surface area contributed by atoms with Gasteiger partial charge in [0.2, 0.25) is 0 Å². The molecule has 0 saturated heterocycles. The van der Waals surface area contributed by atoms with E-state index in [9.17, 15) is 0 Å². The molecule has 2 aromatic rings. The van der Waals surface area contributed by atoms with Crippen molar-refractivity contribution in [1.29, 1.82) is 0 Å². The van der Waals surface area contributed by atoms with Crippen molar-refractivity contribution in [3.05, 3.63) is 22.7 Å². The lowest BCUT2D eigenvalue weighted by atomic mass is 10.5. The number of anilines is 1. The standard InChI is InChI=1S/C7H8BrN5/c8-5-3-13-2-4(1-9)11-7(13)6(10)12-5/h2-3H,1,9H2,(H2,10,12). The van der Waals surface area contributed by atoms with Crippen LogP contribution in [-0.2, 0) is 6.54 Å². The van der Waals surface area contributed by atoms with Gasteiger partial charge in [-0.15, -0.1) is 0 Å². The SMILES string of the molecule is NCc1cn2cc(Br)nc(N)c2n1. The zero-order chi connectivity index (χ0) is 9.42. The molecule has 2 aromatic heterocycles. The molecule has 0 atom stereocenters. The van der Waals surface area contributed by atoms with Gasteiger partial charge < -0.3 is 15.9 Å². The Morgan fingerprint density at radius 1 is 1.38 bits per heavy atom. The number of rotatable bonds is 1. The third-order valence-electron chi connectivity index (χ3n) is 1.69. The Hall–Kier alpha value is -1.14. The van der Waals surface area contributed by atoms with E-state index in [2.05, 4.69) is 25.9 Å². The maximum Gasteiger partial charge on any atom is 0.180 e. The van der Waals surface area contributed by atoms with E-state index in [-0.39, 0.29) is 0 Å². The fourth-order valence-electron chi connectivity index (χ4n) is 1.14. The number of halogens is 1. The van der Waals surface area contributed by atoms with Crippen molar-refractivity contribution in [3.63, 3.8) is 0 Å². The van der Waals surface area contributed by atoms with Gasteiger partial charge in [-0.2, -0.15) is 0 Å². The number of nitrogen functional groups attached to an aromatic ring is 1. The molecule has 68 valence electrons. The Labute approximate surface area is 82.9 Å². The van der Waals surface area contributed by atoms with E-state index in [0.717, 1.165) is 5.69 Å². The minimum Gasteiger partial charge on any atom is -0.381 e. The smallest absolute Gasteiger partial charge is 0.180 e. The Balaban J connectivity index is 2.75. The Morgan fingerprint density at radius 2 is 2.15 bits per heavy atom. The van der Waals surface area contributed by atoms with E-state index in [1.54, 1.807) is 10.6 Å². The van der Waals surface area contributed by atoms with Crippen LogP contribution in [0.4, 0.5) is 5.82 Å². The number of hydrogen-bond donors (Lipinski definition) is 2. The van der Waals surface area contributed by atoms with Gasteiger partial charge in [0.1, 0.15) is 4.60 Å². The predicted octanol–water partition coefficient (Wildman–Crippen LogP) is 0.533. The minimum atomic E-state index is 0.397. The Kier molecular flexibility index (Phi) is 1.93. The number of aromatic nitrogens is 3. The van der Waals surface area contributed by atoms with E-state index >= 15 is 0 Å². The van der Waals surface area contributed by atoms with Gasteiger partial charge in [0.25, 0.3) is 0 Å². The second-order valence-electron chi connectivity index (χ2n) is 2.62. The summed E-state index contributed by atoms with van der Waals surface area (Å²) in [5, 5.41) is 0. The molecule has 2 heterocycles. The molecule has 0 aliphatic heterocycles. The number of hydrogen-bond acceptors (Lipinski definition) is 4. The summed E-state index contributed by atoms with van der Waals surface area (Å²) in [6.45, 7) is 0.402. The second kappa shape index (κ2) is 2.97. The molecule has 0 radical (unpaired) electrons. The number of nitrogens with two attached hydrogens (primary N) is 2. The summed E-state index contributed by atoms with van der Waals surface area (Å²) < 4.78 is 2.48. The summed E-state index contributed by atoms with van der Waals surface area (Å²) >= 11 is 3.24. The highest BCUT2D eigenvalue weighted by Crippen LogP contribution is 2.15. The molecular formula is C7H8BrN5. The minimum absolute atomic E-state index is 0.397. The van der Waals surface area contributed by atoms with E-state index in [1.807, 2.05) is 6.20 Å². The highest BCUT2D eigenvalue weighted by atomic mass is 79.9. The molecule has 5 nitrogen and oxygen atoms in total. The molecule has 2 rings (SSSR count). The summed E-state index contributed by atoms with van der Waals surface area (Å²) in [7, 11) is 0. The second-order valence-corrected chi connectivity index (χ2v) is 3.43. The first kappa shape index (κ1) is 8.46. The molecule has 0 amide bonds. The zero-order valence-corrected chi connectivity index (χ0v) is 8.32. The third kappa shape index (κ3) is 1.38. The zero-order valence-electron chi connectivity index (χ0n) is 6.74. The van der Waals surface area contributed by atoms with Crippen LogP contribution in [0.5, 0.6) is 0 Å². The van der Waals surface area contributed by atoms with Gasteiger partial charge in [-0.1, -0.05) is 0 Å². The van der Waals surface area contributed by atoms with Gasteiger partial charge in [0, 0.05) is 18.9 Å². The lowest BCUT2D eigenvalue weighted by molar-refractivity contribution is 1.01. The molecule has 0 bridgehead atoms. The van der Waals surface area contributed by atoms with Gasteiger partial charge in [-0.3, -0.25) is 0 Å². The molecule has 6 heteroatoms. The van der Waals surface area contributed by atoms with Crippen LogP contribution in [0.1, 0.15) is 5.69 Å². The van der Waals surface area contributed by atoms with Crippen molar-refractivity contribution in [1.82, 2.24) is 14.4 Å². The summed E-state index contributed by atoms with van der Waals surface area (Å²) in [5.41, 5.74) is 12.6. The van der Waals surface area contributed by atoms with Crippen molar-refractivity contribution < 1.29 is 0 Å². The van der Waals surface area contributed by atoms with Crippen molar-refractivity contribution >= 4 is 27.4 Å². The molecule has 0 aliphatic rings. The van der Waals surface area contributed by atoms with E-state index < -0.39 is 0 Å². The topological polar surface area (TPSA) is 82.2 Å². The van der Waals surface area contributed by atoms with Crippen molar-refractivity contribution in [2.45, 2.75) is 6.54 Å². The Bertz CT molecular complexity index is 449. The van der Waals surface area contributed by atoms with Gasteiger partial charge >= 0.3 is 0 Å². The average molecular weight is 242 g/mol. The van der Waals surface area contributed by atoms with Crippen LogP contribution < -0.4 is 11.5 Å². The molecule has 13 heavy (non-hydrogen) atoms. The monoisotopic (exact) mass is 241 g/mol. The van der Waals surface area contributed by atoms with E-state index in [4.69, 9.17) is 11.5 Å². The average Bonchev–Trinajstić information content (AvgIpc) is 2.47. The number of nitrogens with zero attached hydrogens (tertiary/aromatic N) is 3. The van der Waals surface area contributed by atoms with Crippen molar-refractivity contribution in [3.8, 4) is 0 Å². The van der Waals surface area contributed by atoms with Crippen LogP contribution >= 0.6 is 15.9 Å². The van der Waals surface area contributed by atoms with Crippen LogP contribution in [0, 0.1) is 0 Å². The third-order valence-corrected chi connectivity index (χ3v) is 2.08. The molecule has 0 unspecified atom stereocenters. The lowest BCUT2D eigenvalue weighted by Gasteiger charge is -1.96. The normalized spacial score (nSPS) is 10.9. The molecular weight excluding hydrogens is 234 g/mol. The Morgan fingerprint density at radius 3 is 2.85 bits per heavy atom. The van der Waals surface area contributed by atoms with Crippen LogP contribution in [0.25, 0.3) is 5.65 Å². The number of imidazole rings is 1. The van der Waals surface area contributed by atoms with Gasteiger partial charge in [-0.25, -0.2) is 9.97 Å². The quantitative estimate of drug-likeness (QED) is 0.764. The molecule has 0 aliphatic carbocycles. The van der Waals surface area contributed by atoms with Crippen LogP contribution in [0.15, 0.2) is 17.0 Å². The van der Waals surface area contributed by atoms with Gasteiger partial charge in [0.05, 0.1) is 5.69 Å². The first-order valence-electron chi connectivity index (χ1n) is 3.70. The summed E-state index contributed by atoms with van der Waals surface area (Å²) in [4.78, 5) is 8.22. The largest absolute Gasteiger partial charge is 0.381 e. The van der Waals surface area contributed by atoms with Gasteiger partial charge in [0.15, 0.2) is 11.5 Å². The molecule has 0 fully saturated rings. The molecule has 0 spiro atoms. The van der Waals surface area contributed by atoms with Crippen LogP contribution in [0.2, 0.25) is 0 Å². The molecule has 0 saturated carbocycles. The summed E-state index contributed by atoms with van der Waals surface area (Å²) in [6, 6.07) is 0. The first-order valence-corrected chi connectivity index (χ1v) is 4.49. The van der Waals surface area contributed by atoms with Gasteiger partial charge in [-0.05, 0) is 15.9 Å². The predicted molar refractivity (Wildman–Crippen MR) is 53.0 cm³/mol. The van der Waals surface area contributed by atoms with E-state index in [1.165, 1.54) is 0 Å². The van der Waals surface area contributed by atoms with Crippen molar-refractivity contribution in [2.75, 3.05) is 5.73 Å². The maximum atomic E-state index is 5.66. The maximum absolute atomic E-state index is 5.66.